The number of benzene rings is 2. The van der Waals surface area contributed by atoms with Crippen LogP contribution < -0.4 is 0 Å². The molecule has 2 heterocycles. The molecule has 0 N–H and O–H groups in total. The van der Waals surface area contributed by atoms with E-state index in [2.05, 4.69) is 39.8 Å². The van der Waals surface area contributed by atoms with E-state index in [0.29, 0.717) is 11.7 Å². The summed E-state index contributed by atoms with van der Waals surface area (Å²) in [6, 6.07) is 20.0. The molecule has 4 rings (SSSR count). The van der Waals surface area contributed by atoms with Crippen molar-refractivity contribution in [2.75, 3.05) is 19.4 Å². The molecule has 1 fully saturated rings. The third-order valence-electron chi connectivity index (χ3n) is 5.24. The number of amides is 1. The Bertz CT molecular complexity index is 905. The minimum Gasteiger partial charge on any atom is -0.376 e. The van der Waals surface area contributed by atoms with Gasteiger partial charge in [-0.3, -0.25) is 4.79 Å². The Morgan fingerprint density at radius 3 is 2.43 bits per heavy atom. The van der Waals surface area contributed by atoms with E-state index < -0.39 is 0 Å². The lowest BCUT2D eigenvalue weighted by Crippen LogP contribution is -2.33. The van der Waals surface area contributed by atoms with E-state index in [1.54, 1.807) is 9.58 Å². The van der Waals surface area contributed by atoms with Gasteiger partial charge < -0.3 is 9.64 Å². The Kier molecular flexibility index (Phi) is 6.76. The molecule has 0 saturated carbocycles. The van der Waals surface area contributed by atoms with Crippen molar-refractivity contribution < 1.29 is 9.53 Å². The van der Waals surface area contributed by atoms with Crippen molar-refractivity contribution in [2.24, 2.45) is 0 Å². The van der Waals surface area contributed by atoms with Gasteiger partial charge in [-0.05, 0) is 34.4 Å². The Labute approximate surface area is 180 Å². The Morgan fingerprint density at radius 1 is 1.17 bits per heavy atom. The lowest BCUT2D eigenvalue weighted by molar-refractivity contribution is -0.128. The van der Waals surface area contributed by atoms with Crippen LogP contribution in [0, 0.1) is 0 Å². The molecule has 7 nitrogen and oxygen atoms in total. The van der Waals surface area contributed by atoms with Crippen LogP contribution in [0.1, 0.15) is 30.0 Å². The third-order valence-corrected chi connectivity index (χ3v) is 6.18. The summed E-state index contributed by atoms with van der Waals surface area (Å²) < 4.78 is 7.41. The second-order valence-corrected chi connectivity index (χ2v) is 8.24. The predicted octanol–water partition coefficient (Wildman–Crippen LogP) is 3.19. The number of rotatable bonds is 8. The minimum atomic E-state index is -0.150. The molecule has 156 valence electrons. The maximum absolute atomic E-state index is 13.1. The van der Waals surface area contributed by atoms with Gasteiger partial charge in [0.25, 0.3) is 0 Å². The second kappa shape index (κ2) is 9.86. The van der Waals surface area contributed by atoms with E-state index in [9.17, 15) is 4.79 Å². The van der Waals surface area contributed by atoms with Crippen molar-refractivity contribution in [3.05, 3.63) is 71.8 Å². The largest absolute Gasteiger partial charge is 0.376 e. The molecule has 1 aliphatic rings. The smallest absolute Gasteiger partial charge is 0.233 e. The van der Waals surface area contributed by atoms with E-state index in [-0.39, 0.29) is 23.8 Å². The van der Waals surface area contributed by atoms with Crippen molar-refractivity contribution >= 4 is 17.7 Å². The van der Waals surface area contributed by atoms with Crippen LogP contribution in [-0.2, 0) is 16.1 Å². The first-order valence-electron chi connectivity index (χ1n) is 10.1. The maximum atomic E-state index is 13.1. The van der Waals surface area contributed by atoms with Crippen LogP contribution in [0.25, 0.3) is 0 Å². The number of carbonyl (C=O) groups is 1. The van der Waals surface area contributed by atoms with E-state index in [4.69, 9.17) is 4.74 Å². The van der Waals surface area contributed by atoms with Crippen molar-refractivity contribution in [1.82, 2.24) is 25.1 Å². The average molecular weight is 424 g/mol. The molecule has 1 atom stereocenters. The SMILES string of the molecule is CN(C(=O)CSc1nnnn1CC1CCCO1)C(c1ccccc1)c1ccccc1. The molecule has 0 bridgehead atoms. The fraction of sp³-hybridized carbons (Fsp3) is 0.364. The van der Waals surface area contributed by atoms with Gasteiger partial charge in [0.2, 0.25) is 11.1 Å². The summed E-state index contributed by atoms with van der Waals surface area (Å²) in [7, 11) is 1.85. The molecule has 0 spiro atoms. The standard InChI is InChI=1S/C22H25N5O2S/c1-26(21(17-9-4-2-5-10-17)18-11-6-3-7-12-18)20(28)16-30-22-23-24-25-27(22)15-19-13-8-14-29-19/h2-7,9-12,19,21H,8,13-16H2,1H3. The maximum Gasteiger partial charge on any atom is 0.233 e. The molecule has 1 saturated heterocycles. The highest BCUT2D eigenvalue weighted by Gasteiger charge is 2.24. The van der Waals surface area contributed by atoms with Gasteiger partial charge in [-0.25, -0.2) is 4.68 Å². The second-order valence-electron chi connectivity index (χ2n) is 7.30. The van der Waals surface area contributed by atoms with Gasteiger partial charge in [0, 0.05) is 13.7 Å². The van der Waals surface area contributed by atoms with Gasteiger partial charge >= 0.3 is 0 Å². The molecule has 8 heteroatoms. The van der Waals surface area contributed by atoms with Gasteiger partial charge in [0.15, 0.2) is 0 Å². The fourth-order valence-electron chi connectivity index (χ4n) is 3.68. The van der Waals surface area contributed by atoms with Crippen LogP contribution in [0.2, 0.25) is 0 Å². The number of thioether (sulfide) groups is 1. The van der Waals surface area contributed by atoms with Crippen LogP contribution in [0.3, 0.4) is 0 Å². The first-order chi connectivity index (χ1) is 14.7. The van der Waals surface area contributed by atoms with Gasteiger partial charge in [-0.1, -0.05) is 72.4 Å². The average Bonchev–Trinajstić information content (AvgIpc) is 3.46. The number of hydrogen-bond donors (Lipinski definition) is 0. The van der Waals surface area contributed by atoms with Crippen LogP contribution in [0.5, 0.6) is 0 Å². The molecular weight excluding hydrogens is 398 g/mol. The third kappa shape index (κ3) is 4.88. The molecule has 1 aliphatic heterocycles. The number of nitrogens with zero attached hydrogens (tertiary/aromatic N) is 5. The van der Waals surface area contributed by atoms with Crippen molar-refractivity contribution in [3.63, 3.8) is 0 Å². The van der Waals surface area contributed by atoms with Gasteiger partial charge in [-0.2, -0.15) is 0 Å². The monoisotopic (exact) mass is 423 g/mol. The molecule has 3 aromatic rings. The van der Waals surface area contributed by atoms with Gasteiger partial charge in [0.05, 0.1) is 24.4 Å². The summed E-state index contributed by atoms with van der Waals surface area (Å²) in [6.45, 7) is 1.41. The number of ether oxygens (including phenoxy) is 1. The molecule has 0 radical (unpaired) electrons. The normalized spacial score (nSPS) is 16.1. The summed E-state index contributed by atoms with van der Waals surface area (Å²) in [5.74, 6) is 0.280. The molecule has 1 aromatic heterocycles. The predicted molar refractivity (Wildman–Crippen MR) is 115 cm³/mol. The molecule has 1 unspecified atom stereocenters. The van der Waals surface area contributed by atoms with E-state index in [1.807, 2.05) is 43.4 Å². The highest BCUT2D eigenvalue weighted by molar-refractivity contribution is 7.99. The van der Waals surface area contributed by atoms with Crippen LogP contribution in [-0.4, -0.2) is 56.5 Å². The lowest BCUT2D eigenvalue weighted by Gasteiger charge is -2.29. The van der Waals surface area contributed by atoms with E-state index >= 15 is 0 Å². The van der Waals surface area contributed by atoms with Crippen LogP contribution >= 0.6 is 11.8 Å². The summed E-state index contributed by atoms with van der Waals surface area (Å²) in [6.07, 6.45) is 2.23. The molecule has 0 aliphatic carbocycles. The zero-order valence-corrected chi connectivity index (χ0v) is 17.7. The molecule has 1 amide bonds. The first kappa shape index (κ1) is 20.6. The zero-order chi connectivity index (χ0) is 20.8. The summed E-state index contributed by atoms with van der Waals surface area (Å²) >= 11 is 1.36. The number of tetrazole rings is 1. The number of hydrogen-bond acceptors (Lipinski definition) is 6. The van der Waals surface area contributed by atoms with Crippen LogP contribution in [0.4, 0.5) is 0 Å². The lowest BCUT2D eigenvalue weighted by atomic mass is 9.97. The molecule has 2 aromatic carbocycles. The van der Waals surface area contributed by atoms with Crippen molar-refractivity contribution in [3.8, 4) is 0 Å². The van der Waals surface area contributed by atoms with Gasteiger partial charge in [0.1, 0.15) is 0 Å². The van der Waals surface area contributed by atoms with Crippen LogP contribution in [0.15, 0.2) is 65.8 Å². The quantitative estimate of drug-likeness (QED) is 0.518. The minimum absolute atomic E-state index is 0.0179. The summed E-state index contributed by atoms with van der Waals surface area (Å²) in [5.41, 5.74) is 2.15. The van der Waals surface area contributed by atoms with Crippen molar-refractivity contribution in [1.29, 1.82) is 0 Å². The number of carbonyl (C=O) groups excluding carboxylic acids is 1. The molecule has 30 heavy (non-hydrogen) atoms. The topological polar surface area (TPSA) is 73.1 Å². The highest BCUT2D eigenvalue weighted by Crippen LogP contribution is 2.28. The Balaban J connectivity index is 1.45. The Morgan fingerprint density at radius 2 is 1.83 bits per heavy atom. The molecular formula is C22H25N5O2S. The highest BCUT2D eigenvalue weighted by atomic mass is 32.2. The summed E-state index contributed by atoms with van der Waals surface area (Å²) in [5, 5.41) is 12.6. The first-order valence-corrected chi connectivity index (χ1v) is 11.1. The van der Waals surface area contributed by atoms with Gasteiger partial charge in [-0.15, -0.1) is 5.10 Å². The zero-order valence-electron chi connectivity index (χ0n) is 16.9. The van der Waals surface area contributed by atoms with E-state index in [0.717, 1.165) is 30.6 Å². The van der Waals surface area contributed by atoms with E-state index in [1.165, 1.54) is 11.8 Å². The summed E-state index contributed by atoms with van der Waals surface area (Å²) in [4.78, 5) is 14.9. The van der Waals surface area contributed by atoms with Crippen molar-refractivity contribution in [2.45, 2.75) is 36.7 Å². The fourth-order valence-corrected chi connectivity index (χ4v) is 4.49. The number of aromatic nitrogens is 4. The Hall–Kier alpha value is -2.71.